The molecule has 2 aromatic carbocycles. The van der Waals surface area contributed by atoms with E-state index in [2.05, 4.69) is 20.8 Å². The highest BCUT2D eigenvalue weighted by Crippen LogP contribution is 2.20. The highest BCUT2D eigenvalue weighted by Gasteiger charge is 2.14. The summed E-state index contributed by atoms with van der Waals surface area (Å²) in [6, 6.07) is 14.3. The Morgan fingerprint density at radius 3 is 2.46 bits per heavy atom. The van der Waals surface area contributed by atoms with Crippen LogP contribution in [0.25, 0.3) is 11.5 Å². The standard InChI is InChI=1S/C20H20N4O4/c1-13-23-24-20(28-13)15-7-9-16(10-8-15)22-19(26)18(25)21-12-11-14-5-3-4-6-17(14)27-2/h3-10H,11-12H2,1-2H3,(H,21,25)(H,22,26). The zero-order valence-corrected chi connectivity index (χ0v) is 15.6. The number of nitrogens with zero attached hydrogens (tertiary/aromatic N) is 2. The van der Waals surface area contributed by atoms with Crippen molar-refractivity contribution in [2.75, 3.05) is 19.0 Å². The highest BCUT2D eigenvalue weighted by atomic mass is 16.5. The number of aromatic nitrogens is 2. The number of methoxy groups -OCH3 is 1. The van der Waals surface area contributed by atoms with Crippen molar-refractivity contribution >= 4 is 17.5 Å². The highest BCUT2D eigenvalue weighted by molar-refractivity contribution is 6.39. The Hall–Kier alpha value is -3.68. The van der Waals surface area contributed by atoms with Gasteiger partial charge in [-0.15, -0.1) is 10.2 Å². The number of amides is 2. The number of hydrogen-bond donors (Lipinski definition) is 2. The molecule has 28 heavy (non-hydrogen) atoms. The number of para-hydroxylation sites is 1. The van der Waals surface area contributed by atoms with E-state index in [-0.39, 0.29) is 0 Å². The lowest BCUT2D eigenvalue weighted by atomic mass is 10.1. The van der Waals surface area contributed by atoms with Gasteiger partial charge in [0.2, 0.25) is 11.8 Å². The monoisotopic (exact) mass is 380 g/mol. The molecule has 144 valence electrons. The van der Waals surface area contributed by atoms with Crippen LogP contribution >= 0.6 is 0 Å². The van der Waals surface area contributed by atoms with Gasteiger partial charge in [-0.1, -0.05) is 18.2 Å². The molecule has 0 atom stereocenters. The second-order valence-electron chi connectivity index (χ2n) is 5.98. The molecule has 0 unspecified atom stereocenters. The number of rotatable bonds is 6. The molecule has 3 rings (SSSR count). The van der Waals surface area contributed by atoms with E-state index in [0.717, 1.165) is 16.9 Å². The van der Waals surface area contributed by atoms with Crippen LogP contribution < -0.4 is 15.4 Å². The summed E-state index contributed by atoms with van der Waals surface area (Å²) in [4.78, 5) is 24.0. The van der Waals surface area contributed by atoms with E-state index in [0.29, 0.717) is 30.4 Å². The van der Waals surface area contributed by atoms with Gasteiger partial charge in [-0.05, 0) is 42.3 Å². The van der Waals surface area contributed by atoms with Gasteiger partial charge in [0.25, 0.3) is 0 Å². The van der Waals surface area contributed by atoms with Crippen molar-refractivity contribution in [3.8, 4) is 17.2 Å². The molecule has 0 aliphatic rings. The molecule has 0 aliphatic heterocycles. The van der Waals surface area contributed by atoms with Crippen molar-refractivity contribution in [2.45, 2.75) is 13.3 Å². The number of carbonyl (C=O) groups excluding carboxylic acids is 2. The zero-order valence-electron chi connectivity index (χ0n) is 15.6. The van der Waals surface area contributed by atoms with E-state index in [4.69, 9.17) is 9.15 Å². The van der Waals surface area contributed by atoms with Gasteiger partial charge < -0.3 is 19.8 Å². The normalized spacial score (nSPS) is 10.4. The molecule has 8 nitrogen and oxygen atoms in total. The molecule has 0 saturated heterocycles. The van der Waals surface area contributed by atoms with Crippen LogP contribution in [0.4, 0.5) is 5.69 Å². The molecule has 0 fully saturated rings. The van der Waals surface area contributed by atoms with Gasteiger partial charge in [-0.3, -0.25) is 9.59 Å². The van der Waals surface area contributed by atoms with Crippen molar-refractivity contribution in [3.63, 3.8) is 0 Å². The third-order valence-corrected chi connectivity index (χ3v) is 3.99. The first-order chi connectivity index (χ1) is 13.6. The van der Waals surface area contributed by atoms with Gasteiger partial charge in [0.05, 0.1) is 7.11 Å². The molecule has 0 aliphatic carbocycles. The van der Waals surface area contributed by atoms with Crippen LogP contribution in [-0.4, -0.2) is 35.7 Å². The molecule has 1 aromatic heterocycles. The number of benzene rings is 2. The number of anilines is 1. The van der Waals surface area contributed by atoms with Crippen molar-refractivity contribution in [3.05, 3.63) is 60.0 Å². The molecule has 0 bridgehead atoms. The fourth-order valence-electron chi connectivity index (χ4n) is 2.60. The minimum absolute atomic E-state index is 0.322. The van der Waals surface area contributed by atoms with Gasteiger partial charge in [-0.25, -0.2) is 0 Å². The van der Waals surface area contributed by atoms with Crippen LogP contribution in [0, 0.1) is 6.92 Å². The lowest BCUT2D eigenvalue weighted by Gasteiger charge is -2.09. The van der Waals surface area contributed by atoms with E-state index in [1.807, 2.05) is 24.3 Å². The number of hydrogen-bond acceptors (Lipinski definition) is 6. The molecule has 8 heteroatoms. The van der Waals surface area contributed by atoms with E-state index < -0.39 is 11.8 Å². The fraction of sp³-hybridized carbons (Fsp3) is 0.200. The Kier molecular flexibility index (Phi) is 6.01. The smallest absolute Gasteiger partial charge is 0.313 e. The number of aryl methyl sites for hydroxylation is 1. The van der Waals surface area contributed by atoms with E-state index in [1.54, 1.807) is 38.3 Å². The van der Waals surface area contributed by atoms with Crippen LogP contribution in [-0.2, 0) is 16.0 Å². The van der Waals surface area contributed by atoms with Crippen LogP contribution in [0.2, 0.25) is 0 Å². The van der Waals surface area contributed by atoms with Crippen molar-refractivity contribution in [2.24, 2.45) is 0 Å². The third kappa shape index (κ3) is 4.73. The molecular weight excluding hydrogens is 360 g/mol. The molecular formula is C20H20N4O4. The summed E-state index contributed by atoms with van der Waals surface area (Å²) >= 11 is 0. The molecule has 0 spiro atoms. The van der Waals surface area contributed by atoms with Gasteiger partial charge in [0.1, 0.15) is 5.75 Å². The van der Waals surface area contributed by atoms with Crippen molar-refractivity contribution < 1.29 is 18.7 Å². The summed E-state index contributed by atoms with van der Waals surface area (Å²) in [5.74, 6) is 0.173. The first kappa shape index (κ1) is 19.1. The van der Waals surface area contributed by atoms with Gasteiger partial charge in [0, 0.05) is 24.7 Å². The Bertz CT molecular complexity index is 966. The maximum absolute atomic E-state index is 12.0. The zero-order chi connectivity index (χ0) is 19.9. The predicted molar refractivity (Wildman–Crippen MR) is 103 cm³/mol. The summed E-state index contributed by atoms with van der Waals surface area (Å²) < 4.78 is 10.6. The van der Waals surface area contributed by atoms with Crippen LogP contribution in [0.5, 0.6) is 5.75 Å². The number of ether oxygens (including phenoxy) is 1. The van der Waals surface area contributed by atoms with Crippen molar-refractivity contribution in [1.82, 2.24) is 15.5 Å². The quantitative estimate of drug-likeness (QED) is 0.636. The second kappa shape index (κ2) is 8.81. The Morgan fingerprint density at radius 2 is 1.79 bits per heavy atom. The first-order valence-electron chi connectivity index (χ1n) is 8.68. The van der Waals surface area contributed by atoms with Gasteiger partial charge >= 0.3 is 11.8 Å². The molecule has 0 radical (unpaired) electrons. The van der Waals surface area contributed by atoms with Gasteiger partial charge in [0.15, 0.2) is 0 Å². The first-order valence-corrected chi connectivity index (χ1v) is 8.68. The molecule has 1 heterocycles. The maximum Gasteiger partial charge on any atom is 0.313 e. The number of nitrogens with one attached hydrogen (secondary N) is 2. The lowest BCUT2D eigenvalue weighted by Crippen LogP contribution is -2.36. The molecule has 2 amide bonds. The molecule has 3 aromatic rings. The van der Waals surface area contributed by atoms with E-state index in [1.165, 1.54) is 0 Å². The average Bonchev–Trinajstić information content (AvgIpc) is 3.15. The summed E-state index contributed by atoms with van der Waals surface area (Å²) in [5, 5.41) is 12.9. The summed E-state index contributed by atoms with van der Waals surface area (Å²) in [6.07, 6.45) is 0.557. The number of carbonyl (C=O) groups is 2. The topological polar surface area (TPSA) is 106 Å². The van der Waals surface area contributed by atoms with Crippen molar-refractivity contribution in [1.29, 1.82) is 0 Å². The minimum atomic E-state index is -0.735. The van der Waals surface area contributed by atoms with E-state index in [9.17, 15) is 9.59 Å². The predicted octanol–water partition coefficient (Wildman–Crippen LogP) is 2.35. The Labute approximate surface area is 161 Å². The summed E-state index contributed by atoms with van der Waals surface area (Å²) in [7, 11) is 1.59. The van der Waals surface area contributed by atoms with Gasteiger partial charge in [-0.2, -0.15) is 0 Å². The van der Waals surface area contributed by atoms with Crippen LogP contribution in [0.3, 0.4) is 0 Å². The van der Waals surface area contributed by atoms with Crippen LogP contribution in [0.15, 0.2) is 52.9 Å². The van der Waals surface area contributed by atoms with Crippen LogP contribution in [0.1, 0.15) is 11.5 Å². The van der Waals surface area contributed by atoms with E-state index >= 15 is 0 Å². The third-order valence-electron chi connectivity index (χ3n) is 3.99. The lowest BCUT2D eigenvalue weighted by molar-refractivity contribution is -0.136. The molecule has 0 saturated carbocycles. The minimum Gasteiger partial charge on any atom is -0.496 e. The Morgan fingerprint density at radius 1 is 1.04 bits per heavy atom. The summed E-state index contributed by atoms with van der Waals surface area (Å²) in [5.41, 5.74) is 2.17. The SMILES string of the molecule is COc1ccccc1CCNC(=O)C(=O)Nc1ccc(-c2nnc(C)o2)cc1. The summed E-state index contributed by atoms with van der Waals surface area (Å²) in [6.45, 7) is 2.03. The Balaban J connectivity index is 1.50. The average molecular weight is 380 g/mol. The molecule has 2 N–H and O–H groups in total. The fourth-order valence-corrected chi connectivity index (χ4v) is 2.60. The maximum atomic E-state index is 12.0. The second-order valence-corrected chi connectivity index (χ2v) is 5.98. The largest absolute Gasteiger partial charge is 0.496 e.